The molecule has 0 amide bonds. The van der Waals surface area contributed by atoms with Crippen LogP contribution in [0.4, 0.5) is 0 Å². The van der Waals surface area contributed by atoms with Gasteiger partial charge in [-0.25, -0.2) is 0 Å². The average Bonchev–Trinajstić information content (AvgIpc) is 2.98. The van der Waals surface area contributed by atoms with E-state index in [1.807, 2.05) is 36.4 Å². The largest absolute Gasteiger partial charge is 0.307 e. The average molecular weight is 287 g/mol. The third-order valence-electron chi connectivity index (χ3n) is 2.62. The van der Waals surface area contributed by atoms with Crippen LogP contribution in [0.2, 0.25) is 0 Å². The van der Waals surface area contributed by atoms with Crippen molar-refractivity contribution in [2.24, 2.45) is 10.2 Å². The predicted octanol–water partition coefficient (Wildman–Crippen LogP) is 2.60. The highest BCUT2D eigenvalue weighted by molar-refractivity contribution is 7.80. The van der Waals surface area contributed by atoms with Gasteiger partial charge >= 0.3 is 4.87 Å². The molecule has 0 bridgehead atoms. The zero-order valence-corrected chi connectivity index (χ0v) is 11.4. The molecular formula is C13H9N3OS2. The standard InChI is InChI=1S/C13H9N3OS2/c17-13-15-12(18)10(19-13)6-9-7-14-16-11(9)8-4-2-1-3-5-8/h1-7,18H,(H,15,17). The first-order valence-corrected chi connectivity index (χ1v) is 6.81. The summed E-state index contributed by atoms with van der Waals surface area (Å²) < 4.78 is 0. The van der Waals surface area contributed by atoms with Crippen LogP contribution in [0.15, 0.2) is 55.9 Å². The van der Waals surface area contributed by atoms with Gasteiger partial charge in [-0.2, -0.15) is 5.10 Å². The second kappa shape index (κ2) is 4.99. The molecule has 1 aliphatic heterocycles. The second-order valence-electron chi connectivity index (χ2n) is 3.89. The number of thiazole rings is 1. The number of thiol groups is 1. The van der Waals surface area contributed by atoms with Gasteiger partial charge in [-0.1, -0.05) is 41.7 Å². The van der Waals surface area contributed by atoms with Gasteiger partial charge < -0.3 is 4.98 Å². The van der Waals surface area contributed by atoms with Gasteiger partial charge in [-0.3, -0.25) is 4.79 Å². The summed E-state index contributed by atoms with van der Waals surface area (Å²) in [5.41, 5.74) is 2.67. The fraction of sp³-hybridized carbons (Fsp3) is 0. The molecule has 0 unspecified atom stereocenters. The lowest BCUT2D eigenvalue weighted by atomic mass is 10.0. The number of rotatable bonds is 2. The molecule has 0 saturated carbocycles. The maximum absolute atomic E-state index is 11.3. The number of allylic oxidation sites excluding steroid dienone is 1. The van der Waals surface area contributed by atoms with Gasteiger partial charge in [0.1, 0.15) is 5.71 Å². The molecule has 3 rings (SSSR count). The number of aromatic nitrogens is 1. The van der Waals surface area contributed by atoms with Crippen LogP contribution in [-0.2, 0) is 0 Å². The number of hydrogen-bond acceptors (Lipinski definition) is 5. The van der Waals surface area contributed by atoms with E-state index in [0.29, 0.717) is 5.03 Å². The van der Waals surface area contributed by atoms with E-state index in [1.165, 1.54) is 0 Å². The van der Waals surface area contributed by atoms with Crippen molar-refractivity contribution in [3.05, 3.63) is 56.0 Å². The summed E-state index contributed by atoms with van der Waals surface area (Å²) in [5, 5.41) is 8.64. The molecule has 0 aliphatic carbocycles. The van der Waals surface area contributed by atoms with Crippen molar-refractivity contribution in [2.45, 2.75) is 5.03 Å². The van der Waals surface area contributed by atoms with Crippen molar-refractivity contribution in [3.63, 3.8) is 0 Å². The smallest absolute Gasteiger partial charge is 0.305 e. The molecule has 94 valence electrons. The van der Waals surface area contributed by atoms with Crippen LogP contribution in [0.5, 0.6) is 0 Å². The van der Waals surface area contributed by atoms with Gasteiger partial charge in [-0.15, -0.1) is 17.7 Å². The molecule has 1 aliphatic rings. The lowest BCUT2D eigenvalue weighted by molar-refractivity contribution is 1.16. The minimum absolute atomic E-state index is 0.120. The Bertz CT molecular complexity index is 754. The van der Waals surface area contributed by atoms with Crippen LogP contribution in [0.25, 0.3) is 6.08 Å². The molecule has 6 heteroatoms. The number of benzene rings is 1. The Morgan fingerprint density at radius 2 is 2.05 bits per heavy atom. The highest BCUT2D eigenvalue weighted by Gasteiger charge is 2.14. The van der Waals surface area contributed by atoms with E-state index < -0.39 is 0 Å². The number of H-pyrrole nitrogens is 1. The Morgan fingerprint density at radius 1 is 1.26 bits per heavy atom. The second-order valence-corrected chi connectivity index (χ2v) is 5.35. The van der Waals surface area contributed by atoms with Crippen molar-refractivity contribution in [2.75, 3.05) is 0 Å². The summed E-state index contributed by atoms with van der Waals surface area (Å²) in [6, 6.07) is 9.80. The van der Waals surface area contributed by atoms with Crippen molar-refractivity contribution in [3.8, 4) is 0 Å². The predicted molar refractivity (Wildman–Crippen MR) is 81.6 cm³/mol. The summed E-state index contributed by atoms with van der Waals surface area (Å²) in [4.78, 5) is 14.5. The molecule has 1 N–H and O–H groups in total. The molecule has 0 fully saturated rings. The van der Waals surface area contributed by atoms with Gasteiger partial charge in [-0.05, 0) is 6.08 Å². The van der Waals surface area contributed by atoms with Crippen LogP contribution in [-0.4, -0.2) is 16.9 Å². The van der Waals surface area contributed by atoms with Gasteiger partial charge in [0.05, 0.1) is 16.1 Å². The first-order valence-electron chi connectivity index (χ1n) is 5.54. The molecular weight excluding hydrogens is 278 g/mol. The molecule has 1 aromatic carbocycles. The summed E-state index contributed by atoms with van der Waals surface area (Å²) >= 11 is 5.35. The lowest BCUT2D eigenvalue weighted by Crippen LogP contribution is -2.01. The molecule has 19 heavy (non-hydrogen) atoms. The van der Waals surface area contributed by atoms with Gasteiger partial charge in [0.15, 0.2) is 0 Å². The Labute approximate surface area is 118 Å². The van der Waals surface area contributed by atoms with E-state index in [1.54, 1.807) is 6.21 Å². The lowest BCUT2D eigenvalue weighted by Gasteiger charge is -2.01. The molecule has 1 aromatic heterocycles. The Balaban J connectivity index is 2.02. The molecule has 2 aromatic rings. The summed E-state index contributed by atoms with van der Waals surface area (Å²) in [7, 11) is 0. The molecule has 2 heterocycles. The minimum Gasteiger partial charge on any atom is -0.307 e. The Morgan fingerprint density at radius 3 is 2.74 bits per heavy atom. The highest BCUT2D eigenvalue weighted by Crippen LogP contribution is 2.21. The van der Waals surface area contributed by atoms with Crippen molar-refractivity contribution in [1.82, 2.24) is 4.98 Å². The zero-order chi connectivity index (χ0) is 13.2. The van der Waals surface area contributed by atoms with E-state index in [9.17, 15) is 4.79 Å². The molecule has 0 spiro atoms. The van der Waals surface area contributed by atoms with Crippen LogP contribution < -0.4 is 4.87 Å². The zero-order valence-electron chi connectivity index (χ0n) is 9.70. The van der Waals surface area contributed by atoms with E-state index in [4.69, 9.17) is 0 Å². The maximum atomic E-state index is 11.3. The third kappa shape index (κ3) is 2.45. The number of aromatic amines is 1. The quantitative estimate of drug-likeness (QED) is 0.820. The van der Waals surface area contributed by atoms with E-state index >= 15 is 0 Å². The van der Waals surface area contributed by atoms with Gasteiger partial charge in [0, 0.05) is 11.1 Å². The minimum atomic E-state index is -0.120. The summed E-state index contributed by atoms with van der Waals surface area (Å²) in [6.07, 6.45) is 3.55. The highest BCUT2D eigenvalue weighted by atomic mass is 32.1. The van der Waals surface area contributed by atoms with Crippen LogP contribution in [0.3, 0.4) is 0 Å². The van der Waals surface area contributed by atoms with Gasteiger partial charge in [0.2, 0.25) is 0 Å². The maximum Gasteiger partial charge on any atom is 0.305 e. The summed E-state index contributed by atoms with van der Waals surface area (Å²) in [6.45, 7) is 0. The monoisotopic (exact) mass is 287 g/mol. The van der Waals surface area contributed by atoms with Crippen molar-refractivity contribution in [1.29, 1.82) is 0 Å². The fourth-order valence-electron chi connectivity index (χ4n) is 1.76. The first kappa shape index (κ1) is 12.1. The van der Waals surface area contributed by atoms with Crippen LogP contribution >= 0.6 is 24.0 Å². The number of nitrogens with zero attached hydrogens (tertiary/aromatic N) is 2. The summed E-state index contributed by atoms with van der Waals surface area (Å²) in [5.74, 6) is 0. The fourth-order valence-corrected chi connectivity index (χ4v) is 2.83. The Kier molecular flexibility index (Phi) is 3.18. The SMILES string of the molecule is O=c1[nH]c(S)c(C=C2C=NN=C2c2ccccc2)s1. The topological polar surface area (TPSA) is 57.6 Å². The molecule has 0 saturated heterocycles. The molecule has 0 atom stereocenters. The normalized spacial score (nSPS) is 16.1. The number of hydrogen-bond donors (Lipinski definition) is 2. The first-order chi connectivity index (χ1) is 9.24. The third-order valence-corrected chi connectivity index (χ3v) is 3.95. The van der Waals surface area contributed by atoms with Crippen molar-refractivity contribution < 1.29 is 0 Å². The Hall–Kier alpha value is -1.92. The van der Waals surface area contributed by atoms with E-state index in [0.717, 1.165) is 33.1 Å². The van der Waals surface area contributed by atoms with E-state index in [-0.39, 0.29) is 4.87 Å². The molecule has 4 nitrogen and oxygen atoms in total. The van der Waals surface area contributed by atoms with Crippen LogP contribution in [0.1, 0.15) is 10.4 Å². The van der Waals surface area contributed by atoms with Crippen LogP contribution in [0, 0.1) is 0 Å². The number of nitrogens with one attached hydrogen (secondary N) is 1. The van der Waals surface area contributed by atoms with Gasteiger partial charge in [0.25, 0.3) is 0 Å². The van der Waals surface area contributed by atoms with E-state index in [2.05, 4.69) is 27.8 Å². The van der Waals surface area contributed by atoms with Crippen molar-refractivity contribution >= 4 is 42.0 Å². The molecule has 0 radical (unpaired) electrons.